The Bertz CT molecular complexity index is 1020. The molecule has 0 aromatic carbocycles. The van der Waals surface area contributed by atoms with E-state index in [0.29, 0.717) is 26.1 Å². The molecule has 5 unspecified atom stereocenters. The molecule has 4 saturated heterocycles. The van der Waals surface area contributed by atoms with Gasteiger partial charge >= 0.3 is 0 Å². The largest absolute Gasteiger partial charge is 0.417 e. The topological polar surface area (TPSA) is 111 Å². The summed E-state index contributed by atoms with van der Waals surface area (Å²) in [6.45, 7) is 29.2. The first-order chi connectivity index (χ1) is 22.3. The molecular weight excluding hydrogens is 643 g/mol. The average Bonchev–Trinajstić information content (AvgIpc) is 2.99. The van der Waals surface area contributed by atoms with E-state index < -0.39 is 41.0 Å². The van der Waals surface area contributed by atoms with Gasteiger partial charge in [-0.3, -0.25) is 0 Å². The van der Waals surface area contributed by atoms with E-state index in [2.05, 4.69) is 74.3 Å². The highest BCUT2D eigenvalue weighted by atomic mass is 28.4. The number of aliphatic hydroxyl groups excluding tert-OH is 1. The molecule has 0 bridgehead atoms. The minimum Gasteiger partial charge on any atom is -0.417 e. The molecule has 4 rings (SSSR count). The summed E-state index contributed by atoms with van der Waals surface area (Å²) in [5.41, 5.74) is 7.85. The van der Waals surface area contributed by atoms with Crippen molar-refractivity contribution in [1.29, 1.82) is 0 Å². The van der Waals surface area contributed by atoms with Crippen LogP contribution in [0.15, 0.2) is 12.2 Å². The molecule has 0 aliphatic carbocycles. The maximum Gasteiger partial charge on any atom is 0.192 e. The van der Waals surface area contributed by atoms with Crippen LogP contribution in [0.1, 0.15) is 106 Å². The van der Waals surface area contributed by atoms with Gasteiger partial charge in [-0.2, -0.15) is 0 Å². The van der Waals surface area contributed by atoms with Crippen LogP contribution in [0.25, 0.3) is 0 Å². The first-order valence-electron chi connectivity index (χ1n) is 18.9. The second kappa shape index (κ2) is 16.7. The lowest BCUT2D eigenvalue weighted by Gasteiger charge is -2.52. The summed E-state index contributed by atoms with van der Waals surface area (Å²) in [7, 11) is -4.03. The molecule has 0 amide bonds. The molecule has 10 atom stereocenters. The van der Waals surface area contributed by atoms with Crippen LogP contribution in [0.5, 0.6) is 0 Å². The maximum absolute atomic E-state index is 11.5. The number of ether oxygens (including phenoxy) is 5. The van der Waals surface area contributed by atoms with Crippen molar-refractivity contribution in [3.05, 3.63) is 12.2 Å². The quantitative estimate of drug-likeness (QED) is 0.116. The summed E-state index contributed by atoms with van der Waals surface area (Å²) < 4.78 is 45.3. The van der Waals surface area contributed by atoms with Crippen molar-refractivity contribution >= 4 is 16.6 Å². The Kier molecular flexibility index (Phi) is 14.1. The van der Waals surface area contributed by atoms with E-state index in [-0.39, 0.29) is 46.9 Å². The van der Waals surface area contributed by atoms with Gasteiger partial charge in [0.05, 0.1) is 48.8 Å². The SMILES string of the molecule is C=C1CC[C@H](CCCOC2CCCCO2)OC1C[C@@H]1O[C@H]2CC(O[Si](C)(C)C(C)(C)C)C(CCO[Si](C)(C)C(C)(C)C)O[C@H]2[C@H](N)C1O. The van der Waals surface area contributed by atoms with Crippen LogP contribution in [0, 0.1) is 0 Å². The third-order valence-electron chi connectivity index (χ3n) is 12.2. The fraction of sp³-hybridized carbons (Fsp3) is 0.946. The molecule has 9 nitrogen and oxygen atoms in total. The molecule has 3 N–H and O–H groups in total. The van der Waals surface area contributed by atoms with Crippen LogP contribution in [0.2, 0.25) is 36.3 Å². The van der Waals surface area contributed by atoms with E-state index in [1.807, 2.05) is 0 Å². The summed E-state index contributed by atoms with van der Waals surface area (Å²) in [6.07, 6.45) is 6.48. The minimum atomic E-state index is -2.12. The van der Waals surface area contributed by atoms with E-state index >= 15 is 0 Å². The third-order valence-corrected chi connectivity index (χ3v) is 21.2. The molecule has 0 radical (unpaired) electrons. The molecule has 4 aliphatic rings. The smallest absolute Gasteiger partial charge is 0.192 e. The average molecular weight is 714 g/mol. The third kappa shape index (κ3) is 10.5. The molecule has 280 valence electrons. The van der Waals surface area contributed by atoms with E-state index in [1.54, 1.807) is 0 Å². The van der Waals surface area contributed by atoms with Gasteiger partial charge in [0.15, 0.2) is 22.9 Å². The number of hydrogen-bond donors (Lipinski definition) is 2. The molecule has 0 spiro atoms. The Labute approximate surface area is 294 Å². The first-order valence-corrected chi connectivity index (χ1v) is 24.7. The number of fused-ring (bicyclic) bond motifs is 1. The van der Waals surface area contributed by atoms with E-state index in [9.17, 15) is 5.11 Å². The Morgan fingerprint density at radius 3 is 2.25 bits per heavy atom. The zero-order valence-corrected chi connectivity index (χ0v) is 34.1. The second-order valence-electron chi connectivity index (χ2n) is 18.0. The van der Waals surface area contributed by atoms with Crippen molar-refractivity contribution in [2.24, 2.45) is 5.73 Å². The molecule has 0 aromatic rings. The summed E-state index contributed by atoms with van der Waals surface area (Å²) >= 11 is 0. The monoisotopic (exact) mass is 713 g/mol. The standard InChI is InChI=1S/C37H71NO8Si2/c1-25-17-18-26(15-14-21-41-32-16-12-13-20-40-32)43-28(25)23-30-34(39)33(38)35-31(44-30)24-29(46-48(10,11)37(5,6)7)27(45-35)19-22-42-47(8,9)36(2,3)4/h26-35,39H,1,12-24,38H2,2-11H3/t26-,27?,28?,29?,30-,31-,32?,33+,34?,35+/m0/s1. The normalized spacial score (nSPS) is 35.8. The van der Waals surface area contributed by atoms with Gasteiger partial charge in [0.25, 0.3) is 0 Å². The van der Waals surface area contributed by atoms with Crippen molar-refractivity contribution < 1.29 is 37.6 Å². The Morgan fingerprint density at radius 2 is 1.60 bits per heavy atom. The molecule has 48 heavy (non-hydrogen) atoms. The van der Waals surface area contributed by atoms with Gasteiger partial charge in [0, 0.05) is 32.7 Å². The lowest BCUT2D eigenvalue weighted by atomic mass is 9.84. The summed E-state index contributed by atoms with van der Waals surface area (Å²) in [6, 6.07) is -0.571. The Hall–Kier alpha value is -0.186. The predicted molar refractivity (Wildman–Crippen MR) is 196 cm³/mol. The highest BCUT2D eigenvalue weighted by Crippen LogP contribution is 2.43. The lowest BCUT2D eigenvalue weighted by Crippen LogP contribution is -2.67. The Balaban J connectivity index is 1.37. The maximum atomic E-state index is 11.5. The van der Waals surface area contributed by atoms with Crippen LogP contribution in [-0.4, -0.2) is 103 Å². The van der Waals surface area contributed by atoms with E-state index in [0.717, 1.165) is 57.1 Å². The van der Waals surface area contributed by atoms with Gasteiger partial charge in [-0.05, 0) is 93.2 Å². The zero-order valence-electron chi connectivity index (χ0n) is 32.1. The number of rotatable bonds is 13. The van der Waals surface area contributed by atoms with Gasteiger partial charge in [-0.25, -0.2) is 0 Å². The lowest BCUT2D eigenvalue weighted by molar-refractivity contribution is -0.254. The number of aliphatic hydroxyl groups is 1. The molecule has 11 heteroatoms. The summed E-state index contributed by atoms with van der Waals surface area (Å²) in [4.78, 5) is 0. The Morgan fingerprint density at radius 1 is 0.896 bits per heavy atom. The van der Waals surface area contributed by atoms with Crippen molar-refractivity contribution in [3.63, 3.8) is 0 Å². The highest BCUT2D eigenvalue weighted by Gasteiger charge is 2.52. The fourth-order valence-electron chi connectivity index (χ4n) is 6.80. The van der Waals surface area contributed by atoms with Gasteiger partial charge < -0.3 is 43.4 Å². The molecule has 0 aromatic heterocycles. The van der Waals surface area contributed by atoms with Crippen molar-refractivity contribution in [3.8, 4) is 0 Å². The predicted octanol–water partition coefficient (Wildman–Crippen LogP) is 7.22. The van der Waals surface area contributed by atoms with E-state index in [4.69, 9.17) is 38.3 Å². The highest BCUT2D eigenvalue weighted by molar-refractivity contribution is 6.74. The minimum absolute atomic E-state index is 0.0551. The molecule has 4 heterocycles. The summed E-state index contributed by atoms with van der Waals surface area (Å²) in [5.74, 6) is 0. The van der Waals surface area contributed by atoms with Gasteiger partial charge in [0.2, 0.25) is 0 Å². The van der Waals surface area contributed by atoms with Crippen LogP contribution in [0.3, 0.4) is 0 Å². The first kappa shape index (κ1) is 40.6. The molecule has 0 saturated carbocycles. The molecule has 4 aliphatic heterocycles. The molecule has 4 fully saturated rings. The summed E-state index contributed by atoms with van der Waals surface area (Å²) in [5, 5.41) is 11.7. The van der Waals surface area contributed by atoms with Crippen molar-refractivity contribution in [1.82, 2.24) is 0 Å². The number of nitrogens with two attached hydrogens (primary N) is 1. The van der Waals surface area contributed by atoms with Crippen LogP contribution < -0.4 is 5.73 Å². The van der Waals surface area contributed by atoms with Crippen molar-refractivity contribution in [2.75, 3.05) is 19.8 Å². The van der Waals surface area contributed by atoms with E-state index in [1.165, 1.54) is 6.42 Å². The van der Waals surface area contributed by atoms with Gasteiger partial charge in [0.1, 0.15) is 6.10 Å². The van der Waals surface area contributed by atoms with Gasteiger partial charge in [-0.15, -0.1) is 0 Å². The van der Waals surface area contributed by atoms with Gasteiger partial charge in [-0.1, -0.05) is 48.1 Å². The fourth-order valence-corrected chi connectivity index (χ4v) is 9.22. The van der Waals surface area contributed by atoms with Crippen molar-refractivity contribution in [2.45, 2.75) is 203 Å². The van der Waals surface area contributed by atoms with Crippen LogP contribution >= 0.6 is 0 Å². The van der Waals surface area contributed by atoms with Crippen LogP contribution in [-0.2, 0) is 32.5 Å². The number of hydrogen-bond acceptors (Lipinski definition) is 9. The molecular formula is C37H71NO8Si2. The van der Waals surface area contributed by atoms with Crippen LogP contribution in [0.4, 0.5) is 0 Å². The zero-order chi connectivity index (χ0) is 35.5. The second-order valence-corrected chi connectivity index (χ2v) is 27.5.